The largest absolute Gasteiger partial charge is 0.390 e. The van der Waals surface area contributed by atoms with E-state index in [1.54, 1.807) is 28.0 Å². The fourth-order valence-corrected chi connectivity index (χ4v) is 3.81. The molecule has 0 unspecified atom stereocenters. The zero-order valence-corrected chi connectivity index (χ0v) is 16.1. The molecule has 1 aliphatic rings. The zero-order chi connectivity index (χ0) is 20.6. The standard InChI is InChI=1S/C21H22F4N4/c1-28-14-18(13-27-28)15-2-3-16-12-26-19(11-17(16)10-15)20(22)4-7-29(8-5-20)9-6-21(23,24)25/h2-3,10-14H,4-9H2,1H3. The van der Waals surface area contributed by atoms with E-state index in [4.69, 9.17) is 0 Å². The van der Waals surface area contributed by atoms with Crippen LogP contribution >= 0.6 is 0 Å². The molecule has 2 aromatic heterocycles. The highest BCUT2D eigenvalue weighted by Gasteiger charge is 2.38. The van der Waals surface area contributed by atoms with Gasteiger partial charge in [0, 0.05) is 50.0 Å². The Morgan fingerprint density at radius 2 is 1.79 bits per heavy atom. The van der Waals surface area contributed by atoms with E-state index in [9.17, 15) is 13.2 Å². The molecular weight excluding hydrogens is 384 g/mol. The third-order valence-corrected chi connectivity index (χ3v) is 5.58. The number of pyridine rings is 1. The Morgan fingerprint density at radius 3 is 2.45 bits per heavy atom. The fraction of sp³-hybridized carbons (Fsp3) is 0.429. The highest BCUT2D eigenvalue weighted by atomic mass is 19.4. The molecule has 1 fully saturated rings. The van der Waals surface area contributed by atoms with Crippen molar-refractivity contribution >= 4 is 10.8 Å². The van der Waals surface area contributed by atoms with Gasteiger partial charge in [-0.3, -0.25) is 9.67 Å². The Kier molecular flexibility index (Phi) is 5.06. The summed E-state index contributed by atoms with van der Waals surface area (Å²) in [4.78, 5) is 6.00. The predicted molar refractivity (Wildman–Crippen MR) is 103 cm³/mol. The maximum atomic E-state index is 15.6. The number of hydrogen-bond acceptors (Lipinski definition) is 3. The van der Waals surface area contributed by atoms with Crippen molar-refractivity contribution in [2.45, 2.75) is 31.1 Å². The molecule has 4 rings (SSSR count). The van der Waals surface area contributed by atoms with Gasteiger partial charge in [0.25, 0.3) is 0 Å². The molecule has 0 radical (unpaired) electrons. The molecule has 0 bridgehead atoms. The van der Waals surface area contributed by atoms with Gasteiger partial charge in [0.05, 0.1) is 18.3 Å². The van der Waals surface area contributed by atoms with E-state index < -0.39 is 18.3 Å². The lowest BCUT2D eigenvalue weighted by molar-refractivity contribution is -0.139. The first-order valence-corrected chi connectivity index (χ1v) is 9.59. The van der Waals surface area contributed by atoms with Gasteiger partial charge in [-0.05, 0) is 35.9 Å². The van der Waals surface area contributed by atoms with Gasteiger partial charge in [-0.2, -0.15) is 18.3 Å². The molecule has 154 valence electrons. The second-order valence-electron chi connectivity index (χ2n) is 7.71. The number of hydrogen-bond donors (Lipinski definition) is 0. The van der Waals surface area contributed by atoms with Gasteiger partial charge >= 0.3 is 6.18 Å². The number of halogens is 4. The summed E-state index contributed by atoms with van der Waals surface area (Å²) in [6, 6.07) is 7.67. The van der Waals surface area contributed by atoms with Gasteiger partial charge in [-0.1, -0.05) is 12.1 Å². The summed E-state index contributed by atoms with van der Waals surface area (Å²) < 4.78 is 54.6. The zero-order valence-electron chi connectivity index (χ0n) is 16.1. The van der Waals surface area contributed by atoms with Gasteiger partial charge < -0.3 is 4.90 Å². The molecule has 0 atom stereocenters. The summed E-state index contributed by atoms with van der Waals surface area (Å²) in [5.74, 6) is 0. The van der Waals surface area contributed by atoms with Crippen molar-refractivity contribution in [2.75, 3.05) is 19.6 Å². The average Bonchev–Trinajstić information content (AvgIpc) is 3.12. The maximum absolute atomic E-state index is 15.6. The van der Waals surface area contributed by atoms with Crippen molar-refractivity contribution < 1.29 is 17.6 Å². The molecule has 0 saturated carbocycles. The van der Waals surface area contributed by atoms with E-state index in [1.807, 2.05) is 31.4 Å². The minimum atomic E-state index is -4.18. The third kappa shape index (κ3) is 4.42. The van der Waals surface area contributed by atoms with E-state index in [1.165, 1.54) is 0 Å². The minimum absolute atomic E-state index is 0.0841. The van der Waals surface area contributed by atoms with Crippen LogP contribution in [-0.4, -0.2) is 45.5 Å². The van der Waals surface area contributed by atoms with Crippen molar-refractivity contribution in [3.63, 3.8) is 0 Å². The monoisotopic (exact) mass is 406 g/mol. The Morgan fingerprint density at radius 1 is 1.03 bits per heavy atom. The number of nitrogens with zero attached hydrogens (tertiary/aromatic N) is 4. The molecule has 1 saturated heterocycles. The smallest absolute Gasteiger partial charge is 0.303 e. The Hall–Kier alpha value is -2.48. The summed E-state index contributed by atoms with van der Waals surface area (Å²) in [7, 11) is 1.85. The average molecular weight is 406 g/mol. The highest BCUT2D eigenvalue weighted by molar-refractivity contribution is 5.87. The quantitative estimate of drug-likeness (QED) is 0.581. The molecule has 0 spiro atoms. The summed E-state index contributed by atoms with van der Waals surface area (Å²) in [5.41, 5.74) is 0.690. The lowest BCUT2D eigenvalue weighted by Gasteiger charge is -2.36. The molecule has 29 heavy (non-hydrogen) atoms. The molecule has 0 amide bonds. The Labute approximate surface area is 166 Å². The second kappa shape index (κ2) is 7.40. The number of piperidine rings is 1. The van der Waals surface area contributed by atoms with Crippen LogP contribution in [0, 0.1) is 0 Å². The van der Waals surface area contributed by atoms with Gasteiger partial charge in [0.15, 0.2) is 5.67 Å². The summed E-state index contributed by atoms with van der Waals surface area (Å²) in [5, 5.41) is 5.97. The molecule has 3 heterocycles. The lowest BCUT2D eigenvalue weighted by atomic mass is 9.88. The van der Waals surface area contributed by atoms with Crippen LogP contribution in [-0.2, 0) is 12.7 Å². The Bertz CT molecular complexity index is 1000. The summed E-state index contributed by atoms with van der Waals surface area (Å²) >= 11 is 0. The van der Waals surface area contributed by atoms with Crippen LogP contribution in [0.4, 0.5) is 17.6 Å². The SMILES string of the molecule is Cn1cc(-c2ccc3cnc(C4(F)CCN(CCC(F)(F)F)CC4)cc3c2)cn1. The number of likely N-dealkylation sites (tertiary alicyclic amines) is 1. The summed E-state index contributed by atoms with van der Waals surface area (Å²) in [6.45, 7) is 0.503. The van der Waals surface area contributed by atoms with Gasteiger partial charge in [0.1, 0.15) is 0 Å². The van der Waals surface area contributed by atoms with Crippen molar-refractivity contribution in [1.29, 1.82) is 0 Å². The molecular formula is C21H22F4N4. The van der Waals surface area contributed by atoms with Crippen LogP contribution in [0.25, 0.3) is 21.9 Å². The molecule has 1 aromatic carbocycles. The number of aryl methyl sites for hydroxylation is 1. The molecule has 4 nitrogen and oxygen atoms in total. The van der Waals surface area contributed by atoms with Crippen molar-refractivity contribution in [1.82, 2.24) is 19.7 Å². The maximum Gasteiger partial charge on any atom is 0.390 e. The molecule has 0 aliphatic carbocycles. The minimum Gasteiger partial charge on any atom is -0.303 e. The van der Waals surface area contributed by atoms with Crippen LogP contribution in [0.3, 0.4) is 0 Å². The number of benzene rings is 1. The van der Waals surface area contributed by atoms with Gasteiger partial charge in [-0.15, -0.1) is 0 Å². The van der Waals surface area contributed by atoms with Crippen LogP contribution in [0.2, 0.25) is 0 Å². The Balaban J connectivity index is 1.53. The van der Waals surface area contributed by atoms with E-state index >= 15 is 4.39 Å². The normalized spacial score (nSPS) is 17.7. The summed E-state index contributed by atoms with van der Waals surface area (Å²) in [6.07, 6.45) is 0.591. The fourth-order valence-electron chi connectivity index (χ4n) is 3.81. The molecule has 8 heteroatoms. The van der Waals surface area contributed by atoms with Crippen molar-refractivity contribution in [2.24, 2.45) is 7.05 Å². The van der Waals surface area contributed by atoms with Crippen LogP contribution < -0.4 is 0 Å². The van der Waals surface area contributed by atoms with Crippen molar-refractivity contribution in [3.8, 4) is 11.1 Å². The third-order valence-electron chi connectivity index (χ3n) is 5.58. The van der Waals surface area contributed by atoms with Crippen LogP contribution in [0.15, 0.2) is 42.9 Å². The first kappa shape index (κ1) is 19.8. The number of fused-ring (bicyclic) bond motifs is 1. The molecule has 3 aromatic rings. The van der Waals surface area contributed by atoms with Crippen LogP contribution in [0.5, 0.6) is 0 Å². The number of aromatic nitrogens is 3. The van der Waals surface area contributed by atoms with E-state index in [0.29, 0.717) is 18.8 Å². The number of rotatable bonds is 4. The van der Waals surface area contributed by atoms with Crippen LogP contribution in [0.1, 0.15) is 25.0 Å². The second-order valence-corrected chi connectivity index (χ2v) is 7.71. The predicted octanol–water partition coefficient (Wildman–Crippen LogP) is 4.85. The van der Waals surface area contributed by atoms with Gasteiger partial charge in [-0.25, -0.2) is 4.39 Å². The molecule has 0 N–H and O–H groups in total. The van der Waals surface area contributed by atoms with Gasteiger partial charge in [0.2, 0.25) is 0 Å². The highest BCUT2D eigenvalue weighted by Crippen LogP contribution is 2.37. The number of alkyl halides is 4. The lowest BCUT2D eigenvalue weighted by Crippen LogP contribution is -2.41. The van der Waals surface area contributed by atoms with E-state index in [-0.39, 0.29) is 19.4 Å². The van der Waals surface area contributed by atoms with E-state index in [2.05, 4.69) is 10.1 Å². The first-order chi connectivity index (χ1) is 13.7. The topological polar surface area (TPSA) is 34.0 Å². The first-order valence-electron chi connectivity index (χ1n) is 9.59. The van der Waals surface area contributed by atoms with Crippen molar-refractivity contribution in [3.05, 3.63) is 48.5 Å². The van der Waals surface area contributed by atoms with E-state index in [0.717, 1.165) is 21.9 Å². The molecule has 1 aliphatic heterocycles.